The molecule has 0 aliphatic carbocycles. The highest BCUT2D eigenvalue weighted by atomic mass is 35.5. The predicted octanol–water partition coefficient (Wildman–Crippen LogP) is 5.71. The molecule has 1 aromatic heterocycles. The van der Waals surface area contributed by atoms with Gasteiger partial charge in [0, 0.05) is 28.8 Å². The van der Waals surface area contributed by atoms with E-state index in [2.05, 4.69) is 5.32 Å². The molecule has 0 unspecified atom stereocenters. The van der Waals surface area contributed by atoms with Crippen molar-refractivity contribution in [3.8, 4) is 17.4 Å². The molecule has 3 aromatic rings. The van der Waals surface area contributed by atoms with E-state index in [4.69, 9.17) is 27.6 Å². The topological polar surface area (TPSA) is 109 Å². The Bertz CT molecular complexity index is 1180. The lowest BCUT2D eigenvalue weighted by Gasteiger charge is -2.06. The van der Waals surface area contributed by atoms with Crippen molar-refractivity contribution in [1.82, 2.24) is 0 Å². The zero-order valence-corrected chi connectivity index (χ0v) is 16.1. The number of nitrogens with one attached hydrogen (secondary N) is 1. The number of anilines is 1. The maximum Gasteiger partial charge on any atom is 0.270 e. The fourth-order valence-electron chi connectivity index (χ4n) is 2.43. The van der Waals surface area contributed by atoms with Crippen LogP contribution in [0.2, 0.25) is 10.0 Å². The van der Waals surface area contributed by atoms with E-state index in [9.17, 15) is 20.2 Å². The molecule has 0 spiro atoms. The minimum absolute atomic E-state index is 0.0773. The van der Waals surface area contributed by atoms with E-state index in [0.29, 0.717) is 16.3 Å². The lowest BCUT2D eigenvalue weighted by molar-refractivity contribution is -0.384. The maximum absolute atomic E-state index is 12.4. The van der Waals surface area contributed by atoms with Crippen molar-refractivity contribution in [1.29, 1.82) is 5.26 Å². The number of nitrogens with zero attached hydrogens (tertiary/aromatic N) is 2. The molecule has 1 heterocycles. The molecule has 9 heteroatoms. The van der Waals surface area contributed by atoms with Crippen LogP contribution in [0.1, 0.15) is 5.76 Å². The number of furan rings is 1. The number of non-ortho nitro benzene ring substituents is 1. The van der Waals surface area contributed by atoms with Crippen LogP contribution < -0.4 is 5.32 Å². The summed E-state index contributed by atoms with van der Waals surface area (Å²) in [6.45, 7) is 0. The molecule has 0 atom stereocenters. The van der Waals surface area contributed by atoms with Gasteiger partial charge >= 0.3 is 0 Å². The lowest BCUT2D eigenvalue weighted by Crippen LogP contribution is -2.13. The second kappa shape index (κ2) is 8.61. The average Bonchev–Trinajstić information content (AvgIpc) is 3.17. The molecule has 1 N–H and O–H groups in total. The molecule has 0 radical (unpaired) electrons. The molecule has 0 fully saturated rings. The minimum Gasteiger partial charge on any atom is -0.457 e. The van der Waals surface area contributed by atoms with Crippen LogP contribution in [-0.4, -0.2) is 10.8 Å². The Kier molecular flexibility index (Phi) is 5.98. The van der Waals surface area contributed by atoms with Gasteiger partial charge in [-0.25, -0.2) is 0 Å². The van der Waals surface area contributed by atoms with Gasteiger partial charge in [0.05, 0.1) is 15.6 Å². The molecule has 1 amide bonds. The summed E-state index contributed by atoms with van der Waals surface area (Å²) in [4.78, 5) is 22.8. The highest BCUT2D eigenvalue weighted by Gasteiger charge is 2.14. The van der Waals surface area contributed by atoms with Crippen molar-refractivity contribution in [2.45, 2.75) is 0 Å². The fourth-order valence-corrected chi connectivity index (χ4v) is 2.77. The number of carbonyl (C=O) groups is 1. The first kappa shape index (κ1) is 20.1. The van der Waals surface area contributed by atoms with E-state index < -0.39 is 10.8 Å². The van der Waals surface area contributed by atoms with E-state index in [1.807, 2.05) is 0 Å². The number of benzene rings is 2. The zero-order valence-electron chi connectivity index (χ0n) is 14.6. The van der Waals surface area contributed by atoms with Gasteiger partial charge in [-0.2, -0.15) is 5.26 Å². The summed E-state index contributed by atoms with van der Waals surface area (Å²) in [5.74, 6) is -0.101. The van der Waals surface area contributed by atoms with Crippen LogP contribution in [0.5, 0.6) is 0 Å². The number of hydrogen-bond acceptors (Lipinski definition) is 5. The normalized spacial score (nSPS) is 11.0. The number of nitriles is 1. The van der Waals surface area contributed by atoms with E-state index in [1.54, 1.807) is 30.3 Å². The Morgan fingerprint density at radius 1 is 1.17 bits per heavy atom. The standard InChI is InChI=1S/C20H11Cl2N3O4/c21-14-4-6-17(22)18(10-14)24-20(26)13(11-23)9-16-5-7-19(29-16)12-2-1-3-15(8-12)25(27)28/h1-10H,(H,24,26)/b13-9-. The summed E-state index contributed by atoms with van der Waals surface area (Å²) < 4.78 is 5.60. The molecule has 0 saturated heterocycles. The van der Waals surface area contributed by atoms with Crippen molar-refractivity contribution in [2.24, 2.45) is 0 Å². The highest BCUT2D eigenvalue weighted by molar-refractivity contribution is 6.36. The van der Waals surface area contributed by atoms with Gasteiger partial charge in [-0.1, -0.05) is 35.3 Å². The summed E-state index contributed by atoms with van der Waals surface area (Å²) in [6, 6.07) is 15.4. The molecule has 29 heavy (non-hydrogen) atoms. The lowest BCUT2D eigenvalue weighted by atomic mass is 10.1. The number of nitro benzene ring substituents is 1. The zero-order chi connectivity index (χ0) is 21.0. The van der Waals surface area contributed by atoms with Crippen molar-refractivity contribution >= 4 is 46.6 Å². The molecule has 0 aliphatic heterocycles. The van der Waals surface area contributed by atoms with Gasteiger partial charge < -0.3 is 9.73 Å². The first-order chi connectivity index (χ1) is 13.9. The average molecular weight is 428 g/mol. The van der Waals surface area contributed by atoms with Crippen LogP contribution in [0.25, 0.3) is 17.4 Å². The molecule has 0 bridgehead atoms. The van der Waals surface area contributed by atoms with Crippen LogP contribution in [0, 0.1) is 21.4 Å². The van der Waals surface area contributed by atoms with Crippen LogP contribution in [0.4, 0.5) is 11.4 Å². The largest absolute Gasteiger partial charge is 0.457 e. The number of hydrogen-bond donors (Lipinski definition) is 1. The molecule has 0 saturated carbocycles. The third-order valence-corrected chi connectivity index (χ3v) is 4.36. The number of halogens is 2. The van der Waals surface area contributed by atoms with Crippen molar-refractivity contribution < 1.29 is 14.1 Å². The van der Waals surface area contributed by atoms with Crippen molar-refractivity contribution in [3.05, 3.63) is 86.1 Å². The minimum atomic E-state index is -0.690. The van der Waals surface area contributed by atoms with Gasteiger partial charge in [0.15, 0.2) is 0 Å². The third-order valence-electron chi connectivity index (χ3n) is 3.80. The molecule has 0 aliphatic rings. The second-order valence-corrected chi connectivity index (χ2v) is 6.60. The molecule has 144 valence electrons. The smallest absolute Gasteiger partial charge is 0.270 e. The number of carbonyl (C=O) groups excluding carboxylic acids is 1. The SMILES string of the molecule is N#C/C(=C/c1ccc(-c2cccc([N+](=O)[O-])c2)o1)C(=O)Nc1cc(Cl)ccc1Cl. The Hall–Kier alpha value is -3.60. The Morgan fingerprint density at radius 3 is 2.69 bits per heavy atom. The van der Waals surface area contributed by atoms with E-state index in [1.165, 1.54) is 36.4 Å². The van der Waals surface area contributed by atoms with Gasteiger partial charge in [0.2, 0.25) is 0 Å². The summed E-state index contributed by atoms with van der Waals surface area (Å²) >= 11 is 11.9. The molecule has 7 nitrogen and oxygen atoms in total. The van der Waals surface area contributed by atoms with Crippen molar-refractivity contribution in [2.75, 3.05) is 5.32 Å². The molecular formula is C20H11Cl2N3O4. The Balaban J connectivity index is 1.84. The van der Waals surface area contributed by atoms with Crippen LogP contribution >= 0.6 is 23.2 Å². The Labute approximate surface area is 174 Å². The maximum atomic E-state index is 12.4. The van der Waals surface area contributed by atoms with E-state index in [-0.39, 0.29) is 27.7 Å². The van der Waals surface area contributed by atoms with E-state index >= 15 is 0 Å². The first-order valence-electron chi connectivity index (χ1n) is 8.10. The second-order valence-electron chi connectivity index (χ2n) is 5.76. The van der Waals surface area contributed by atoms with Crippen molar-refractivity contribution in [3.63, 3.8) is 0 Å². The van der Waals surface area contributed by atoms with E-state index in [0.717, 1.165) is 0 Å². The summed E-state index contributed by atoms with van der Waals surface area (Å²) in [5.41, 5.74) is 0.460. The van der Waals surface area contributed by atoms with Gasteiger partial charge in [-0.05, 0) is 30.3 Å². The third kappa shape index (κ3) is 4.82. The first-order valence-corrected chi connectivity index (χ1v) is 8.86. The summed E-state index contributed by atoms with van der Waals surface area (Å²) in [5, 5.41) is 23.4. The Morgan fingerprint density at radius 2 is 1.97 bits per heavy atom. The molecule has 2 aromatic carbocycles. The fraction of sp³-hybridized carbons (Fsp3) is 0. The highest BCUT2D eigenvalue weighted by Crippen LogP contribution is 2.28. The molecule has 3 rings (SSSR count). The summed E-state index contributed by atoms with van der Waals surface area (Å²) in [6.07, 6.45) is 1.26. The van der Waals surface area contributed by atoms with Gasteiger partial charge in [0.1, 0.15) is 23.2 Å². The van der Waals surface area contributed by atoms with Crippen LogP contribution in [0.3, 0.4) is 0 Å². The summed E-state index contributed by atoms with van der Waals surface area (Å²) in [7, 11) is 0. The quantitative estimate of drug-likeness (QED) is 0.242. The molecular weight excluding hydrogens is 417 g/mol. The number of nitro groups is 1. The van der Waals surface area contributed by atoms with Gasteiger partial charge in [-0.15, -0.1) is 0 Å². The monoisotopic (exact) mass is 427 g/mol. The van der Waals surface area contributed by atoms with Gasteiger partial charge in [-0.3, -0.25) is 14.9 Å². The number of rotatable bonds is 5. The van der Waals surface area contributed by atoms with Crippen LogP contribution in [-0.2, 0) is 4.79 Å². The van der Waals surface area contributed by atoms with Crippen LogP contribution in [0.15, 0.2) is 64.6 Å². The number of amides is 1. The predicted molar refractivity (Wildman–Crippen MR) is 109 cm³/mol. The van der Waals surface area contributed by atoms with Gasteiger partial charge in [0.25, 0.3) is 11.6 Å².